The highest BCUT2D eigenvalue weighted by atomic mass is 35.5. The fourth-order valence-corrected chi connectivity index (χ4v) is 3.32. The van der Waals surface area contributed by atoms with Gasteiger partial charge in [-0.1, -0.05) is 35.3 Å². The number of anilines is 1. The van der Waals surface area contributed by atoms with Gasteiger partial charge >= 0.3 is 0 Å². The second-order valence-electron chi connectivity index (χ2n) is 5.12. The molecule has 1 heterocycles. The van der Waals surface area contributed by atoms with Crippen LogP contribution in [0.1, 0.15) is 15.2 Å². The first-order valence-corrected chi connectivity index (χ1v) is 8.87. The number of hydrogen-bond donors (Lipinski definition) is 1. The molecule has 1 aromatic heterocycles. The lowest BCUT2D eigenvalue weighted by Crippen LogP contribution is -2.10. The van der Waals surface area contributed by atoms with Crippen LogP contribution in [0.5, 0.6) is 5.75 Å². The third kappa shape index (κ3) is 4.51. The Bertz CT molecular complexity index is 914. The topological polar surface area (TPSA) is 38.3 Å². The van der Waals surface area contributed by atoms with Crippen molar-refractivity contribution in [3.05, 3.63) is 80.2 Å². The monoisotopic (exact) mass is 395 g/mol. The van der Waals surface area contributed by atoms with E-state index in [1.54, 1.807) is 47.8 Å². The van der Waals surface area contributed by atoms with Gasteiger partial charge in [0.25, 0.3) is 5.91 Å². The highest BCUT2D eigenvalue weighted by molar-refractivity contribution is 7.12. The van der Waals surface area contributed by atoms with Crippen LogP contribution in [0, 0.1) is 5.82 Å². The number of amides is 1. The van der Waals surface area contributed by atoms with Crippen molar-refractivity contribution >= 4 is 46.1 Å². The van der Waals surface area contributed by atoms with E-state index in [0.29, 0.717) is 20.6 Å². The van der Waals surface area contributed by atoms with E-state index in [4.69, 9.17) is 27.9 Å². The summed E-state index contributed by atoms with van der Waals surface area (Å²) in [7, 11) is 0. The van der Waals surface area contributed by atoms with Gasteiger partial charge in [-0.25, -0.2) is 4.39 Å². The maximum Gasteiger partial charge on any atom is 0.265 e. The molecule has 2 aromatic carbocycles. The lowest BCUT2D eigenvalue weighted by Gasteiger charge is -2.06. The van der Waals surface area contributed by atoms with Crippen LogP contribution in [-0.2, 0) is 6.61 Å². The van der Waals surface area contributed by atoms with E-state index in [1.807, 2.05) is 0 Å². The summed E-state index contributed by atoms with van der Waals surface area (Å²) in [6, 6.07) is 12.7. The second kappa shape index (κ2) is 7.87. The van der Waals surface area contributed by atoms with Crippen molar-refractivity contribution in [2.24, 2.45) is 0 Å². The van der Waals surface area contributed by atoms with Crippen LogP contribution in [0.25, 0.3) is 0 Å². The number of carbonyl (C=O) groups excluding carboxylic acids is 1. The minimum absolute atomic E-state index is 0.173. The molecule has 3 rings (SSSR count). The Morgan fingerprint density at radius 1 is 1.16 bits per heavy atom. The number of thiophene rings is 1. The zero-order chi connectivity index (χ0) is 17.8. The Hall–Kier alpha value is -2.08. The summed E-state index contributed by atoms with van der Waals surface area (Å²) in [5, 5.41) is 5.37. The summed E-state index contributed by atoms with van der Waals surface area (Å²) in [4.78, 5) is 12.8. The Balaban J connectivity index is 1.64. The zero-order valence-electron chi connectivity index (χ0n) is 12.8. The Kier molecular flexibility index (Phi) is 5.58. The van der Waals surface area contributed by atoms with E-state index >= 15 is 0 Å². The van der Waals surface area contributed by atoms with Gasteiger partial charge in [0.1, 0.15) is 6.61 Å². The minimum Gasteiger partial charge on any atom is -0.486 e. The zero-order valence-corrected chi connectivity index (χ0v) is 15.1. The van der Waals surface area contributed by atoms with Crippen LogP contribution < -0.4 is 10.1 Å². The van der Waals surface area contributed by atoms with E-state index in [0.717, 1.165) is 5.56 Å². The number of halogens is 3. The van der Waals surface area contributed by atoms with E-state index in [1.165, 1.54) is 17.4 Å². The Morgan fingerprint density at radius 2 is 1.96 bits per heavy atom. The van der Waals surface area contributed by atoms with Gasteiger partial charge in [0.2, 0.25) is 0 Å². The first-order valence-electron chi connectivity index (χ1n) is 7.24. The van der Waals surface area contributed by atoms with Crippen molar-refractivity contribution in [1.82, 2.24) is 0 Å². The van der Waals surface area contributed by atoms with Crippen LogP contribution in [0.15, 0.2) is 53.9 Å². The van der Waals surface area contributed by atoms with E-state index < -0.39 is 5.82 Å². The van der Waals surface area contributed by atoms with Gasteiger partial charge in [0.15, 0.2) is 11.6 Å². The molecule has 3 aromatic rings. The molecule has 1 amide bonds. The largest absolute Gasteiger partial charge is 0.486 e. The summed E-state index contributed by atoms with van der Waals surface area (Å²) in [5.74, 6) is -0.535. The van der Waals surface area contributed by atoms with Gasteiger partial charge in [-0.05, 0) is 41.8 Å². The molecule has 7 heteroatoms. The molecule has 0 saturated heterocycles. The molecule has 0 fully saturated rings. The average molecular weight is 396 g/mol. The van der Waals surface area contributed by atoms with Gasteiger partial charge < -0.3 is 10.1 Å². The lowest BCUT2D eigenvalue weighted by molar-refractivity contribution is 0.103. The minimum atomic E-state index is -0.423. The van der Waals surface area contributed by atoms with Crippen LogP contribution in [-0.4, -0.2) is 5.91 Å². The quantitative estimate of drug-likeness (QED) is 0.572. The average Bonchev–Trinajstić information content (AvgIpc) is 3.06. The first kappa shape index (κ1) is 17.7. The van der Waals surface area contributed by atoms with E-state index in [2.05, 4.69) is 5.32 Å². The predicted molar refractivity (Wildman–Crippen MR) is 99.5 cm³/mol. The van der Waals surface area contributed by atoms with Crippen molar-refractivity contribution < 1.29 is 13.9 Å². The summed E-state index contributed by atoms with van der Waals surface area (Å²) in [5.41, 5.74) is 1.26. The van der Waals surface area contributed by atoms with Crippen LogP contribution in [0.4, 0.5) is 10.1 Å². The fourth-order valence-electron chi connectivity index (χ4n) is 2.07. The molecule has 0 aliphatic heterocycles. The summed E-state index contributed by atoms with van der Waals surface area (Å²) in [6.07, 6.45) is 0. The highest BCUT2D eigenvalue weighted by Crippen LogP contribution is 2.27. The molecule has 1 N–H and O–H groups in total. The molecular weight excluding hydrogens is 384 g/mol. The standard InChI is InChI=1S/C18H12Cl2FNO2S/c19-12-5-6-15(13(20)8-12)22-18(23)17-7-11(10-25-17)9-24-16-4-2-1-3-14(16)21/h1-8,10H,9H2,(H,22,23). The van der Waals surface area contributed by atoms with Crippen molar-refractivity contribution in [2.75, 3.05) is 5.32 Å². The predicted octanol–water partition coefficient (Wildman–Crippen LogP) is 6.03. The summed E-state index contributed by atoms with van der Waals surface area (Å²) < 4.78 is 19.0. The number of nitrogens with one attached hydrogen (secondary N) is 1. The number of hydrogen-bond acceptors (Lipinski definition) is 3. The normalized spacial score (nSPS) is 10.5. The van der Waals surface area contributed by atoms with Gasteiger partial charge in [0, 0.05) is 10.6 Å². The van der Waals surface area contributed by atoms with Gasteiger partial charge in [-0.3, -0.25) is 4.79 Å². The number of carbonyl (C=O) groups is 1. The molecule has 0 spiro atoms. The number of para-hydroxylation sites is 1. The lowest BCUT2D eigenvalue weighted by atomic mass is 10.3. The molecule has 0 radical (unpaired) electrons. The third-order valence-corrected chi connectivity index (χ3v) is 4.81. The molecule has 128 valence electrons. The SMILES string of the molecule is O=C(Nc1ccc(Cl)cc1Cl)c1cc(COc2ccccc2F)cs1. The molecule has 0 unspecified atom stereocenters. The van der Waals surface area contributed by atoms with Gasteiger partial charge in [-0.15, -0.1) is 11.3 Å². The van der Waals surface area contributed by atoms with E-state index in [9.17, 15) is 9.18 Å². The molecular formula is C18H12Cl2FNO2S. The molecule has 0 aliphatic rings. The van der Waals surface area contributed by atoms with Crippen molar-refractivity contribution in [2.45, 2.75) is 6.61 Å². The molecule has 25 heavy (non-hydrogen) atoms. The summed E-state index contributed by atoms with van der Waals surface area (Å²) in [6.45, 7) is 0.173. The maximum absolute atomic E-state index is 13.5. The molecule has 0 atom stereocenters. The maximum atomic E-state index is 13.5. The molecule has 0 saturated carbocycles. The van der Waals surface area contributed by atoms with Gasteiger partial charge in [-0.2, -0.15) is 0 Å². The van der Waals surface area contributed by atoms with Crippen LogP contribution >= 0.6 is 34.5 Å². The van der Waals surface area contributed by atoms with Crippen molar-refractivity contribution in [3.8, 4) is 5.75 Å². The Morgan fingerprint density at radius 3 is 2.72 bits per heavy atom. The number of ether oxygens (including phenoxy) is 1. The Labute approximate surface area is 158 Å². The highest BCUT2D eigenvalue weighted by Gasteiger charge is 2.12. The number of rotatable bonds is 5. The first-order chi connectivity index (χ1) is 12.0. The molecule has 0 aliphatic carbocycles. The van der Waals surface area contributed by atoms with Crippen LogP contribution in [0.2, 0.25) is 10.0 Å². The molecule has 3 nitrogen and oxygen atoms in total. The summed E-state index contributed by atoms with van der Waals surface area (Å²) >= 11 is 13.2. The second-order valence-corrected chi connectivity index (χ2v) is 6.87. The van der Waals surface area contributed by atoms with Crippen molar-refractivity contribution in [3.63, 3.8) is 0 Å². The molecule has 0 bridgehead atoms. The third-order valence-electron chi connectivity index (χ3n) is 3.29. The van der Waals surface area contributed by atoms with E-state index in [-0.39, 0.29) is 18.3 Å². The smallest absolute Gasteiger partial charge is 0.265 e. The van der Waals surface area contributed by atoms with Crippen LogP contribution in [0.3, 0.4) is 0 Å². The number of benzene rings is 2. The van der Waals surface area contributed by atoms with Gasteiger partial charge in [0.05, 0.1) is 15.6 Å². The van der Waals surface area contributed by atoms with Crippen molar-refractivity contribution in [1.29, 1.82) is 0 Å². The fraction of sp³-hybridized carbons (Fsp3) is 0.0556.